The van der Waals surface area contributed by atoms with Crippen molar-refractivity contribution in [2.75, 3.05) is 18.4 Å². The van der Waals surface area contributed by atoms with Gasteiger partial charge in [-0.25, -0.2) is 8.42 Å². The Balaban J connectivity index is 1.84. The van der Waals surface area contributed by atoms with E-state index >= 15 is 0 Å². The molecule has 0 spiro atoms. The molecule has 7 heteroatoms. The highest BCUT2D eigenvalue weighted by Gasteiger charge is 2.32. The maximum absolute atomic E-state index is 13.1. The summed E-state index contributed by atoms with van der Waals surface area (Å²) in [5.74, 6) is 0.0917. The van der Waals surface area contributed by atoms with Crippen molar-refractivity contribution in [3.63, 3.8) is 0 Å². The number of carbonyl (C=O) groups is 1. The number of benzene rings is 2. The topological polar surface area (TPSA) is 86.7 Å². The first-order chi connectivity index (χ1) is 13.2. The van der Waals surface area contributed by atoms with E-state index in [2.05, 4.69) is 19.2 Å². The van der Waals surface area contributed by atoms with Crippen LogP contribution in [0.5, 0.6) is 5.75 Å². The van der Waals surface area contributed by atoms with Crippen LogP contribution in [0.3, 0.4) is 0 Å². The number of nitrogens with zero attached hydrogens (tertiary/aromatic N) is 1. The van der Waals surface area contributed by atoms with Crippen LogP contribution in [0.2, 0.25) is 0 Å². The smallest absolute Gasteiger partial charge is 0.255 e. The first kappa shape index (κ1) is 20.4. The second-order valence-corrected chi connectivity index (χ2v) is 9.71. The lowest BCUT2D eigenvalue weighted by Crippen LogP contribution is -2.42. The highest BCUT2D eigenvalue weighted by Crippen LogP contribution is 2.28. The molecule has 0 radical (unpaired) electrons. The Hall–Kier alpha value is -2.38. The van der Waals surface area contributed by atoms with E-state index in [0.29, 0.717) is 24.9 Å². The summed E-state index contributed by atoms with van der Waals surface area (Å²) in [5, 5.41) is 12.6. The largest absolute Gasteiger partial charge is 0.506 e. The molecule has 2 unspecified atom stereocenters. The van der Waals surface area contributed by atoms with Gasteiger partial charge in [0.05, 0.1) is 10.6 Å². The van der Waals surface area contributed by atoms with E-state index in [4.69, 9.17) is 0 Å². The summed E-state index contributed by atoms with van der Waals surface area (Å²) in [6.45, 7) is 6.91. The number of phenols is 1. The average Bonchev–Trinajstić information content (AvgIpc) is 2.63. The summed E-state index contributed by atoms with van der Waals surface area (Å²) >= 11 is 0. The summed E-state index contributed by atoms with van der Waals surface area (Å²) < 4.78 is 27.6. The van der Waals surface area contributed by atoms with Gasteiger partial charge in [-0.05, 0) is 61.1 Å². The summed E-state index contributed by atoms with van der Waals surface area (Å²) in [4.78, 5) is 12.7. The van der Waals surface area contributed by atoms with Crippen LogP contribution >= 0.6 is 0 Å². The van der Waals surface area contributed by atoms with Gasteiger partial charge in [0.2, 0.25) is 10.0 Å². The number of hydrogen-bond acceptors (Lipinski definition) is 4. The molecule has 0 saturated carbocycles. The van der Waals surface area contributed by atoms with E-state index < -0.39 is 15.9 Å². The quantitative estimate of drug-likeness (QED) is 0.765. The summed E-state index contributed by atoms with van der Waals surface area (Å²) in [7, 11) is -3.67. The molecule has 2 aromatic rings. The molecule has 1 amide bonds. The van der Waals surface area contributed by atoms with Crippen molar-refractivity contribution in [2.24, 2.45) is 11.8 Å². The van der Waals surface area contributed by atoms with E-state index in [1.165, 1.54) is 16.4 Å². The van der Waals surface area contributed by atoms with Crippen molar-refractivity contribution in [1.29, 1.82) is 0 Å². The van der Waals surface area contributed by atoms with Gasteiger partial charge in [0.25, 0.3) is 5.91 Å². The Bertz CT molecular complexity index is 978. The van der Waals surface area contributed by atoms with Crippen molar-refractivity contribution in [1.82, 2.24) is 4.31 Å². The number of carbonyl (C=O) groups excluding carboxylic acids is 1. The molecule has 2 N–H and O–H groups in total. The van der Waals surface area contributed by atoms with Crippen LogP contribution in [-0.4, -0.2) is 36.8 Å². The molecule has 0 aliphatic carbocycles. The lowest BCUT2D eigenvalue weighted by atomic mass is 9.94. The molecule has 1 fully saturated rings. The molecule has 0 aromatic heterocycles. The maximum Gasteiger partial charge on any atom is 0.255 e. The first-order valence-electron chi connectivity index (χ1n) is 9.38. The molecule has 2 atom stereocenters. The van der Waals surface area contributed by atoms with Crippen LogP contribution in [0.25, 0.3) is 0 Å². The molecule has 1 aliphatic rings. The van der Waals surface area contributed by atoms with E-state index in [1.54, 1.807) is 30.3 Å². The van der Waals surface area contributed by atoms with Crippen LogP contribution < -0.4 is 5.32 Å². The fourth-order valence-corrected chi connectivity index (χ4v) is 5.42. The molecular weight excluding hydrogens is 376 g/mol. The second-order valence-electron chi connectivity index (χ2n) is 7.77. The minimum Gasteiger partial charge on any atom is -0.506 e. The van der Waals surface area contributed by atoms with E-state index in [-0.39, 0.29) is 21.9 Å². The zero-order valence-electron chi connectivity index (χ0n) is 16.3. The minimum atomic E-state index is -3.67. The number of piperidine rings is 1. The van der Waals surface area contributed by atoms with E-state index in [9.17, 15) is 18.3 Å². The molecule has 6 nitrogen and oxygen atoms in total. The van der Waals surface area contributed by atoms with Crippen LogP contribution in [0, 0.1) is 18.8 Å². The lowest BCUT2D eigenvalue weighted by molar-refractivity contribution is 0.102. The number of aryl methyl sites for hydroxylation is 1. The Morgan fingerprint density at radius 1 is 1.11 bits per heavy atom. The Morgan fingerprint density at radius 3 is 2.43 bits per heavy atom. The normalized spacial score (nSPS) is 20.7. The van der Waals surface area contributed by atoms with Crippen molar-refractivity contribution in [3.8, 4) is 5.75 Å². The van der Waals surface area contributed by atoms with Gasteiger partial charge in [0, 0.05) is 18.7 Å². The molecule has 1 heterocycles. The highest BCUT2D eigenvalue weighted by atomic mass is 32.2. The molecule has 0 bridgehead atoms. The van der Waals surface area contributed by atoms with E-state index in [0.717, 1.165) is 12.0 Å². The van der Waals surface area contributed by atoms with Crippen molar-refractivity contribution >= 4 is 21.6 Å². The molecule has 3 rings (SSSR count). The molecule has 2 aromatic carbocycles. The fourth-order valence-electron chi connectivity index (χ4n) is 3.69. The third kappa shape index (κ3) is 4.36. The maximum atomic E-state index is 13.1. The summed E-state index contributed by atoms with van der Waals surface area (Å²) in [6, 6.07) is 11.0. The van der Waals surface area contributed by atoms with Gasteiger partial charge in [-0.15, -0.1) is 0 Å². The van der Waals surface area contributed by atoms with Gasteiger partial charge in [0.1, 0.15) is 5.75 Å². The number of rotatable bonds is 4. The predicted octanol–water partition coefficient (Wildman–Crippen LogP) is 3.62. The van der Waals surface area contributed by atoms with Crippen molar-refractivity contribution in [3.05, 3.63) is 53.6 Å². The third-order valence-corrected chi connectivity index (χ3v) is 6.80. The summed E-state index contributed by atoms with van der Waals surface area (Å²) in [6.07, 6.45) is 1.01. The highest BCUT2D eigenvalue weighted by molar-refractivity contribution is 7.89. The molecule has 28 heavy (non-hydrogen) atoms. The molecule has 1 saturated heterocycles. The average molecular weight is 403 g/mol. The molecular formula is C21H26N2O4S. The van der Waals surface area contributed by atoms with Gasteiger partial charge in [-0.2, -0.15) is 4.31 Å². The summed E-state index contributed by atoms with van der Waals surface area (Å²) in [5.41, 5.74) is 1.37. The van der Waals surface area contributed by atoms with Crippen LogP contribution in [0.4, 0.5) is 5.69 Å². The second kappa shape index (κ2) is 7.93. The fraction of sp³-hybridized carbons (Fsp3) is 0.381. The van der Waals surface area contributed by atoms with Crippen molar-refractivity contribution < 1.29 is 18.3 Å². The number of anilines is 1. The van der Waals surface area contributed by atoms with Gasteiger partial charge < -0.3 is 10.4 Å². The predicted molar refractivity (Wildman–Crippen MR) is 109 cm³/mol. The lowest BCUT2D eigenvalue weighted by Gasteiger charge is -2.34. The molecule has 1 aliphatic heterocycles. The Labute approximate surface area is 166 Å². The standard InChI is InChI=1S/C21H26N2O4S/c1-14-7-8-19(20(24)10-14)22-21(25)17-5-4-6-18(11-17)28(26,27)23-12-15(2)9-16(3)13-23/h4-8,10-11,15-16,24H,9,12-13H2,1-3H3,(H,22,25). The first-order valence-corrected chi connectivity index (χ1v) is 10.8. The number of phenolic OH excluding ortho intramolecular Hbond substituents is 1. The zero-order chi connectivity index (χ0) is 20.5. The van der Waals surface area contributed by atoms with E-state index in [1.807, 2.05) is 6.92 Å². The number of aromatic hydroxyl groups is 1. The number of nitrogens with one attached hydrogen (secondary N) is 1. The monoisotopic (exact) mass is 402 g/mol. The zero-order valence-corrected chi connectivity index (χ0v) is 17.2. The SMILES string of the molecule is Cc1ccc(NC(=O)c2cccc(S(=O)(=O)N3CC(C)CC(C)C3)c2)c(O)c1. The van der Waals surface area contributed by atoms with Crippen LogP contribution in [0.1, 0.15) is 36.2 Å². The van der Waals surface area contributed by atoms with Crippen LogP contribution in [-0.2, 0) is 10.0 Å². The Morgan fingerprint density at radius 2 is 1.79 bits per heavy atom. The Kier molecular flexibility index (Phi) is 5.76. The number of hydrogen-bond donors (Lipinski definition) is 2. The molecule has 150 valence electrons. The third-order valence-electron chi connectivity index (χ3n) is 4.97. The number of amides is 1. The van der Waals surface area contributed by atoms with Gasteiger partial charge in [0.15, 0.2) is 0 Å². The van der Waals surface area contributed by atoms with Gasteiger partial charge in [-0.1, -0.05) is 26.0 Å². The van der Waals surface area contributed by atoms with Crippen molar-refractivity contribution in [2.45, 2.75) is 32.1 Å². The minimum absolute atomic E-state index is 0.0339. The van der Waals surface area contributed by atoms with Crippen LogP contribution in [0.15, 0.2) is 47.4 Å². The van der Waals surface area contributed by atoms with Gasteiger partial charge in [-0.3, -0.25) is 4.79 Å². The number of sulfonamides is 1. The van der Waals surface area contributed by atoms with Gasteiger partial charge >= 0.3 is 0 Å².